The monoisotopic (exact) mass is 288 g/mol. The normalized spacial score (nSPS) is 29.3. The van der Waals surface area contributed by atoms with E-state index in [1.54, 1.807) is 0 Å². The van der Waals surface area contributed by atoms with Gasteiger partial charge in [0.05, 0.1) is 31.1 Å². The van der Waals surface area contributed by atoms with Gasteiger partial charge in [0.15, 0.2) is 0 Å². The first kappa shape index (κ1) is 14.7. The molecule has 1 saturated carbocycles. The summed E-state index contributed by atoms with van der Waals surface area (Å²) < 4.78 is 11.8. The van der Waals surface area contributed by atoms with Crippen molar-refractivity contribution in [3.63, 3.8) is 0 Å². The lowest BCUT2D eigenvalue weighted by molar-refractivity contribution is -0.111. The van der Waals surface area contributed by atoms with Crippen molar-refractivity contribution in [1.29, 1.82) is 0 Å². The van der Waals surface area contributed by atoms with Gasteiger partial charge in [0.1, 0.15) is 0 Å². The van der Waals surface area contributed by atoms with Crippen LogP contribution in [0.25, 0.3) is 0 Å². The van der Waals surface area contributed by atoms with Crippen molar-refractivity contribution in [3.8, 4) is 0 Å². The molecule has 1 saturated heterocycles. The molecule has 4 heteroatoms. The number of aryl methyl sites for hydroxylation is 1. The Balaban J connectivity index is 1.65. The molecule has 114 valence electrons. The molecule has 2 fully saturated rings. The van der Waals surface area contributed by atoms with Gasteiger partial charge in [-0.25, -0.2) is 0 Å². The Morgan fingerprint density at radius 3 is 3.19 bits per heavy atom. The molecule has 1 aliphatic heterocycles. The third-order valence-electron chi connectivity index (χ3n) is 4.39. The third-order valence-corrected chi connectivity index (χ3v) is 4.39. The summed E-state index contributed by atoms with van der Waals surface area (Å²) in [4.78, 5) is 7.13. The van der Waals surface area contributed by atoms with Crippen LogP contribution in [0.3, 0.4) is 0 Å². The molecule has 1 aromatic rings. The molecule has 1 aliphatic carbocycles. The maximum absolute atomic E-state index is 5.98. The van der Waals surface area contributed by atoms with E-state index in [2.05, 4.69) is 28.6 Å². The molecule has 21 heavy (non-hydrogen) atoms. The first-order chi connectivity index (χ1) is 10.3. The van der Waals surface area contributed by atoms with Gasteiger partial charge in [-0.1, -0.05) is 12.1 Å². The summed E-state index contributed by atoms with van der Waals surface area (Å²) in [5.74, 6) is 0. The number of pyridine rings is 1. The number of fused-ring (bicyclic) bond motifs is 1. The highest BCUT2D eigenvalue weighted by Gasteiger charge is 2.43. The summed E-state index contributed by atoms with van der Waals surface area (Å²) >= 11 is 0. The van der Waals surface area contributed by atoms with Crippen molar-refractivity contribution in [2.45, 2.75) is 44.6 Å². The summed E-state index contributed by atoms with van der Waals surface area (Å²) in [7, 11) is 0. The largest absolute Gasteiger partial charge is 0.373 e. The number of rotatable bonds is 5. The van der Waals surface area contributed by atoms with Crippen LogP contribution >= 0.6 is 0 Å². The molecule has 0 bridgehead atoms. The van der Waals surface area contributed by atoms with Crippen molar-refractivity contribution in [2.24, 2.45) is 0 Å². The van der Waals surface area contributed by atoms with Crippen molar-refractivity contribution < 1.29 is 9.47 Å². The molecule has 1 aromatic heterocycles. The van der Waals surface area contributed by atoms with Gasteiger partial charge in [-0.15, -0.1) is 6.58 Å². The second-order valence-corrected chi connectivity index (χ2v) is 5.88. The van der Waals surface area contributed by atoms with Gasteiger partial charge in [0, 0.05) is 24.8 Å². The van der Waals surface area contributed by atoms with Gasteiger partial charge >= 0.3 is 0 Å². The molecule has 0 unspecified atom stereocenters. The number of hydrogen-bond donors (Lipinski definition) is 0. The summed E-state index contributed by atoms with van der Waals surface area (Å²) in [6.07, 6.45) is 4.42. The first-order valence-electron chi connectivity index (χ1n) is 7.78. The van der Waals surface area contributed by atoms with E-state index >= 15 is 0 Å². The highest BCUT2D eigenvalue weighted by atomic mass is 16.5. The number of morpholine rings is 1. The van der Waals surface area contributed by atoms with Gasteiger partial charge in [-0.3, -0.25) is 9.88 Å². The highest BCUT2D eigenvalue weighted by molar-refractivity contribution is 5.10. The van der Waals surface area contributed by atoms with E-state index in [-0.39, 0.29) is 12.2 Å². The Morgan fingerprint density at radius 2 is 2.38 bits per heavy atom. The summed E-state index contributed by atoms with van der Waals surface area (Å²) in [6.45, 7) is 9.03. The van der Waals surface area contributed by atoms with Crippen LogP contribution in [0.1, 0.15) is 24.2 Å². The molecule has 3 atom stereocenters. The smallest absolute Gasteiger partial charge is 0.0992 e. The standard InChI is InChI=1S/C17H24N2O2/c1-3-10-20-16-8-7-15-17(16)21-11-9-19(15)12-14-6-4-5-13(2)18-14/h3-6,15-17H,1,7-12H2,2H3/t15-,16-,17+/m0/s1. The second kappa shape index (κ2) is 6.69. The van der Waals surface area contributed by atoms with E-state index in [4.69, 9.17) is 9.47 Å². The lowest BCUT2D eigenvalue weighted by Crippen LogP contribution is -2.51. The molecular formula is C17H24N2O2. The molecule has 0 radical (unpaired) electrons. The van der Waals surface area contributed by atoms with E-state index in [9.17, 15) is 0 Å². The Bertz CT molecular complexity index is 491. The molecule has 4 nitrogen and oxygen atoms in total. The molecule has 0 aromatic carbocycles. The average Bonchev–Trinajstić information content (AvgIpc) is 2.89. The van der Waals surface area contributed by atoms with E-state index in [0.717, 1.165) is 43.9 Å². The molecule has 0 N–H and O–H groups in total. The minimum Gasteiger partial charge on any atom is -0.373 e. The maximum Gasteiger partial charge on any atom is 0.0992 e. The van der Waals surface area contributed by atoms with Crippen molar-refractivity contribution >= 4 is 0 Å². The van der Waals surface area contributed by atoms with Crippen molar-refractivity contribution in [3.05, 3.63) is 42.2 Å². The van der Waals surface area contributed by atoms with Gasteiger partial charge in [0.2, 0.25) is 0 Å². The van der Waals surface area contributed by atoms with Crippen LogP contribution in [0.4, 0.5) is 0 Å². The Labute approximate surface area is 126 Å². The number of hydrogen-bond acceptors (Lipinski definition) is 4. The van der Waals surface area contributed by atoms with Crippen molar-refractivity contribution in [1.82, 2.24) is 9.88 Å². The van der Waals surface area contributed by atoms with Crippen LogP contribution in [0.2, 0.25) is 0 Å². The van der Waals surface area contributed by atoms with Crippen LogP contribution < -0.4 is 0 Å². The summed E-state index contributed by atoms with van der Waals surface area (Å²) in [5.41, 5.74) is 2.22. The summed E-state index contributed by atoms with van der Waals surface area (Å²) in [6, 6.07) is 6.69. The zero-order valence-corrected chi connectivity index (χ0v) is 12.7. The fraction of sp³-hybridized carbons (Fsp3) is 0.588. The lowest BCUT2D eigenvalue weighted by Gasteiger charge is -2.38. The molecule has 0 spiro atoms. The van der Waals surface area contributed by atoms with Gasteiger partial charge < -0.3 is 9.47 Å². The zero-order chi connectivity index (χ0) is 14.7. The van der Waals surface area contributed by atoms with E-state index < -0.39 is 0 Å². The molecule has 3 rings (SSSR count). The van der Waals surface area contributed by atoms with Gasteiger partial charge in [-0.05, 0) is 31.9 Å². The quantitative estimate of drug-likeness (QED) is 0.779. The minimum absolute atomic E-state index is 0.198. The van der Waals surface area contributed by atoms with E-state index in [1.165, 1.54) is 0 Å². The first-order valence-corrected chi connectivity index (χ1v) is 7.78. The maximum atomic E-state index is 5.98. The van der Waals surface area contributed by atoms with Crippen LogP contribution in [-0.2, 0) is 16.0 Å². The van der Waals surface area contributed by atoms with E-state index in [0.29, 0.717) is 12.6 Å². The Hall–Kier alpha value is -1.23. The SMILES string of the molecule is C=CCO[C@H]1CC[C@H]2[C@H]1OCCN2Cc1cccc(C)n1. The number of ether oxygens (including phenoxy) is 2. The fourth-order valence-corrected chi connectivity index (χ4v) is 3.45. The van der Waals surface area contributed by atoms with Crippen molar-refractivity contribution in [2.75, 3.05) is 19.8 Å². The third kappa shape index (κ3) is 3.34. The predicted molar refractivity (Wildman–Crippen MR) is 82.1 cm³/mol. The fourth-order valence-electron chi connectivity index (χ4n) is 3.45. The lowest BCUT2D eigenvalue weighted by atomic mass is 10.1. The van der Waals surface area contributed by atoms with Gasteiger partial charge in [0.25, 0.3) is 0 Å². The minimum atomic E-state index is 0.198. The molecule has 2 heterocycles. The number of aromatic nitrogens is 1. The van der Waals surface area contributed by atoms with Crippen LogP contribution in [-0.4, -0.2) is 47.9 Å². The Kier molecular flexibility index (Phi) is 4.68. The molecule has 2 aliphatic rings. The topological polar surface area (TPSA) is 34.6 Å². The van der Waals surface area contributed by atoms with Crippen LogP contribution in [0.5, 0.6) is 0 Å². The van der Waals surface area contributed by atoms with Gasteiger partial charge in [-0.2, -0.15) is 0 Å². The van der Waals surface area contributed by atoms with E-state index in [1.807, 2.05) is 19.1 Å². The molecular weight excluding hydrogens is 264 g/mol. The highest BCUT2D eigenvalue weighted by Crippen LogP contribution is 2.32. The second-order valence-electron chi connectivity index (χ2n) is 5.88. The predicted octanol–water partition coefficient (Wildman–Crippen LogP) is 2.32. The molecule has 0 amide bonds. The Morgan fingerprint density at radius 1 is 1.48 bits per heavy atom. The summed E-state index contributed by atoms with van der Waals surface area (Å²) in [5, 5.41) is 0. The number of nitrogens with zero attached hydrogens (tertiary/aromatic N) is 2. The van der Waals surface area contributed by atoms with Crippen LogP contribution in [0, 0.1) is 6.92 Å². The average molecular weight is 288 g/mol. The zero-order valence-electron chi connectivity index (χ0n) is 12.7. The van der Waals surface area contributed by atoms with Crippen LogP contribution in [0.15, 0.2) is 30.9 Å².